The first kappa shape index (κ1) is 34.7. The number of hydrogen-bond donors (Lipinski definition) is 1. The predicted octanol–water partition coefficient (Wildman–Crippen LogP) is 7.37. The second-order valence-corrected chi connectivity index (χ2v) is 15.5. The van der Waals surface area contributed by atoms with Crippen LogP contribution in [0.1, 0.15) is 42.4 Å². The van der Waals surface area contributed by atoms with Gasteiger partial charge in [-0.2, -0.15) is 0 Å². The van der Waals surface area contributed by atoms with E-state index >= 15 is 0 Å². The molecular formula is C37H40BrN3O4S2. The highest BCUT2D eigenvalue weighted by molar-refractivity contribution is 9.10. The number of carbonyl (C=O) groups is 2. The van der Waals surface area contributed by atoms with Crippen molar-refractivity contribution in [3.63, 3.8) is 0 Å². The largest absolute Gasteiger partial charge is 0.352 e. The molecule has 1 saturated carbocycles. The summed E-state index contributed by atoms with van der Waals surface area (Å²) in [7, 11) is -4.16. The molecule has 0 aliphatic heterocycles. The van der Waals surface area contributed by atoms with Crippen LogP contribution in [0.4, 0.5) is 5.69 Å². The molecule has 2 amide bonds. The summed E-state index contributed by atoms with van der Waals surface area (Å²) in [5, 5.41) is 3.21. The molecule has 1 unspecified atom stereocenters. The Morgan fingerprint density at radius 1 is 0.894 bits per heavy atom. The normalized spacial score (nSPS) is 14.0. The lowest BCUT2D eigenvalue weighted by atomic mass is 10.0. The molecule has 0 saturated heterocycles. The summed E-state index contributed by atoms with van der Waals surface area (Å²) in [6, 6.07) is 30.1. The van der Waals surface area contributed by atoms with Crippen LogP contribution in [-0.4, -0.2) is 50.0 Å². The van der Waals surface area contributed by atoms with Crippen LogP contribution in [0.25, 0.3) is 0 Å². The van der Waals surface area contributed by atoms with Crippen LogP contribution in [0, 0.1) is 6.92 Å². The van der Waals surface area contributed by atoms with E-state index in [9.17, 15) is 18.0 Å². The van der Waals surface area contributed by atoms with E-state index in [1.165, 1.54) is 11.8 Å². The second kappa shape index (κ2) is 16.0. The van der Waals surface area contributed by atoms with Crippen molar-refractivity contribution in [3.8, 4) is 0 Å². The van der Waals surface area contributed by atoms with E-state index in [4.69, 9.17) is 0 Å². The van der Waals surface area contributed by atoms with E-state index in [0.29, 0.717) is 5.69 Å². The van der Waals surface area contributed by atoms with Gasteiger partial charge in [-0.05, 0) is 85.7 Å². The summed E-state index contributed by atoms with van der Waals surface area (Å²) >= 11 is 5.05. The Morgan fingerprint density at radius 2 is 1.55 bits per heavy atom. The molecule has 0 aromatic heterocycles. The number of rotatable bonds is 13. The van der Waals surface area contributed by atoms with Crippen molar-refractivity contribution in [1.82, 2.24) is 10.2 Å². The molecule has 1 aliphatic rings. The summed E-state index contributed by atoms with van der Waals surface area (Å²) in [6.45, 7) is 1.56. The minimum absolute atomic E-state index is 0.0530. The minimum atomic E-state index is -4.16. The van der Waals surface area contributed by atoms with Gasteiger partial charge >= 0.3 is 0 Å². The lowest BCUT2D eigenvalue weighted by molar-refractivity contribution is -0.140. The average molecular weight is 735 g/mol. The highest BCUT2D eigenvalue weighted by atomic mass is 79.9. The molecule has 5 rings (SSSR count). The lowest BCUT2D eigenvalue weighted by Gasteiger charge is -2.34. The van der Waals surface area contributed by atoms with Crippen LogP contribution in [0.15, 0.2) is 117 Å². The van der Waals surface area contributed by atoms with Crippen molar-refractivity contribution in [3.05, 3.63) is 124 Å². The Kier molecular flexibility index (Phi) is 11.8. The fourth-order valence-corrected chi connectivity index (χ4v) is 8.14. The van der Waals surface area contributed by atoms with Gasteiger partial charge in [0.15, 0.2) is 0 Å². The Hall–Kier alpha value is -3.60. The molecule has 10 heteroatoms. The van der Waals surface area contributed by atoms with Crippen LogP contribution < -0.4 is 9.62 Å². The summed E-state index contributed by atoms with van der Waals surface area (Å²) in [5.74, 6) is -0.709. The molecule has 4 aromatic carbocycles. The summed E-state index contributed by atoms with van der Waals surface area (Å²) in [4.78, 5) is 31.4. The first-order chi connectivity index (χ1) is 22.6. The van der Waals surface area contributed by atoms with Crippen molar-refractivity contribution in [1.29, 1.82) is 0 Å². The molecule has 47 heavy (non-hydrogen) atoms. The van der Waals surface area contributed by atoms with Crippen LogP contribution in [0.3, 0.4) is 0 Å². The molecular weight excluding hydrogens is 694 g/mol. The zero-order chi connectivity index (χ0) is 33.4. The van der Waals surface area contributed by atoms with Gasteiger partial charge in [0.1, 0.15) is 12.6 Å². The van der Waals surface area contributed by atoms with Crippen molar-refractivity contribution in [2.45, 2.75) is 67.4 Å². The van der Waals surface area contributed by atoms with Gasteiger partial charge in [-0.25, -0.2) is 8.42 Å². The fourth-order valence-electron chi connectivity index (χ4n) is 5.87. The van der Waals surface area contributed by atoms with E-state index in [0.717, 1.165) is 56.0 Å². The number of sulfonamides is 1. The highest BCUT2D eigenvalue weighted by Gasteiger charge is 2.35. The third-order valence-electron chi connectivity index (χ3n) is 8.46. The predicted molar refractivity (Wildman–Crippen MR) is 193 cm³/mol. The smallest absolute Gasteiger partial charge is 0.264 e. The number of anilines is 1. The Labute approximate surface area is 290 Å². The molecule has 0 heterocycles. The van der Waals surface area contributed by atoms with Gasteiger partial charge in [0.25, 0.3) is 10.0 Å². The van der Waals surface area contributed by atoms with E-state index in [2.05, 4.69) is 21.2 Å². The summed E-state index contributed by atoms with van der Waals surface area (Å²) < 4.78 is 30.5. The topological polar surface area (TPSA) is 86.8 Å². The summed E-state index contributed by atoms with van der Waals surface area (Å²) in [6.07, 6.45) is 6.12. The van der Waals surface area contributed by atoms with Gasteiger partial charge in [0.05, 0.1) is 10.6 Å². The Bertz CT molecular complexity index is 1760. The van der Waals surface area contributed by atoms with Crippen LogP contribution in [-0.2, 0) is 32.6 Å². The van der Waals surface area contributed by atoms with Crippen molar-refractivity contribution in [2.75, 3.05) is 17.1 Å². The third kappa shape index (κ3) is 9.06. The first-order valence-corrected chi connectivity index (χ1v) is 19.2. The quantitative estimate of drug-likeness (QED) is 0.145. The molecule has 246 valence electrons. The minimum Gasteiger partial charge on any atom is -0.352 e. The zero-order valence-electron chi connectivity index (χ0n) is 26.6. The maximum atomic E-state index is 14.7. The maximum absolute atomic E-state index is 14.7. The van der Waals surface area contributed by atoms with E-state index in [1.54, 1.807) is 41.3 Å². The van der Waals surface area contributed by atoms with Gasteiger partial charge in [-0.3, -0.25) is 13.9 Å². The molecule has 0 spiro atoms. The lowest BCUT2D eigenvalue weighted by Crippen LogP contribution is -2.54. The second-order valence-electron chi connectivity index (χ2n) is 11.9. The van der Waals surface area contributed by atoms with Crippen molar-refractivity contribution in [2.24, 2.45) is 0 Å². The number of nitrogens with one attached hydrogen (secondary N) is 1. The fraction of sp³-hybridized carbons (Fsp3) is 0.297. The Balaban J connectivity index is 1.56. The number of thioether (sulfide) groups is 1. The number of halogens is 1. The number of amides is 2. The SMILES string of the molecule is CSc1ccc(S(=O)(=O)N(CC(=O)N(Cc2cccc(Br)c2)C(Cc2ccccc2)C(=O)NC2CCCC2)c2ccc(C)cc2)cc1. The molecule has 4 aromatic rings. The number of carbonyl (C=O) groups excluding carboxylic acids is 2. The molecule has 1 fully saturated rings. The number of aryl methyl sites for hydroxylation is 1. The molecule has 1 atom stereocenters. The number of benzene rings is 4. The van der Waals surface area contributed by atoms with E-state index < -0.39 is 28.5 Å². The first-order valence-electron chi connectivity index (χ1n) is 15.8. The van der Waals surface area contributed by atoms with Crippen molar-refractivity contribution >= 4 is 55.2 Å². The van der Waals surface area contributed by atoms with Crippen LogP contribution in [0.5, 0.6) is 0 Å². The summed E-state index contributed by atoms with van der Waals surface area (Å²) in [5.41, 5.74) is 3.06. The van der Waals surface area contributed by atoms with Crippen LogP contribution in [0.2, 0.25) is 0 Å². The monoisotopic (exact) mass is 733 g/mol. The Morgan fingerprint density at radius 3 is 2.19 bits per heavy atom. The van der Waals surface area contributed by atoms with Crippen molar-refractivity contribution < 1.29 is 18.0 Å². The zero-order valence-corrected chi connectivity index (χ0v) is 29.9. The van der Waals surface area contributed by atoms with Crippen LogP contribution >= 0.6 is 27.7 Å². The van der Waals surface area contributed by atoms with Gasteiger partial charge in [0.2, 0.25) is 11.8 Å². The van der Waals surface area contributed by atoms with E-state index in [1.807, 2.05) is 79.9 Å². The molecule has 0 radical (unpaired) electrons. The number of nitrogens with zero attached hydrogens (tertiary/aromatic N) is 2. The third-order valence-corrected chi connectivity index (χ3v) is 11.5. The number of hydrogen-bond acceptors (Lipinski definition) is 5. The average Bonchev–Trinajstić information content (AvgIpc) is 3.59. The molecule has 0 bridgehead atoms. The maximum Gasteiger partial charge on any atom is 0.264 e. The molecule has 1 N–H and O–H groups in total. The van der Waals surface area contributed by atoms with Gasteiger partial charge in [0, 0.05) is 28.4 Å². The highest BCUT2D eigenvalue weighted by Crippen LogP contribution is 2.27. The van der Waals surface area contributed by atoms with Gasteiger partial charge in [-0.15, -0.1) is 11.8 Å². The standard InChI is InChI=1S/C37H40BrN3O4S2/c1-27-15-17-32(18-16-27)41(47(44,45)34-21-19-33(46-2)20-22-34)26-36(42)40(25-29-11-8-12-30(38)23-29)35(24-28-9-4-3-5-10-28)37(43)39-31-13-6-7-14-31/h3-5,8-12,15-23,31,35H,6-7,13-14,24-26H2,1-2H3,(H,39,43). The van der Waals surface area contributed by atoms with Gasteiger partial charge < -0.3 is 10.2 Å². The van der Waals surface area contributed by atoms with E-state index in [-0.39, 0.29) is 29.8 Å². The molecule has 7 nitrogen and oxygen atoms in total. The van der Waals surface area contributed by atoms with Gasteiger partial charge in [-0.1, -0.05) is 88.9 Å². The molecule has 1 aliphatic carbocycles.